The Morgan fingerprint density at radius 1 is 1.43 bits per heavy atom. The molecule has 3 N–H and O–H groups in total. The summed E-state index contributed by atoms with van der Waals surface area (Å²) in [5.74, 6) is 0. The van der Waals surface area contributed by atoms with E-state index < -0.39 is 7.32 Å². The Morgan fingerprint density at radius 3 is 1.57 bits per heavy atom. The molecule has 0 aromatic heterocycles. The zero-order valence-electron chi connectivity index (χ0n) is 5.61. The van der Waals surface area contributed by atoms with Gasteiger partial charge in [0.1, 0.15) is 0 Å². The van der Waals surface area contributed by atoms with E-state index in [9.17, 15) is 0 Å². The molecule has 0 spiro atoms. The van der Waals surface area contributed by atoms with Gasteiger partial charge in [-0.05, 0) is 0 Å². The van der Waals surface area contributed by atoms with Gasteiger partial charge in [0.15, 0.2) is 0 Å². The summed E-state index contributed by atoms with van der Waals surface area (Å²) in [6, 6.07) is 0. The molecule has 0 saturated heterocycles. The monoisotopic (exact) mass is 209 g/mol. The molecule has 0 rings (SSSR count). The third kappa shape index (κ3) is 17.8. The first-order valence-electron chi connectivity index (χ1n) is 0.935. The predicted molar refractivity (Wildman–Crippen MR) is 21.9 cm³/mol. The molecule has 0 aliphatic heterocycles. The van der Waals surface area contributed by atoms with Crippen LogP contribution in [0.15, 0.2) is 0 Å². The van der Waals surface area contributed by atoms with E-state index >= 15 is 0 Å². The maximum absolute atomic E-state index is 7.44. The second-order valence-electron chi connectivity index (χ2n) is 0.432. The average Bonchev–Trinajstić information content (AvgIpc) is 1.38. The van der Waals surface area contributed by atoms with Gasteiger partial charge in [0.2, 0.25) is 0 Å². The molecule has 0 heterocycles. The third-order valence-electron chi connectivity index (χ3n) is 0.0943. The SMILES string of the molecule is OOB(O)O.[Ca+2].[H-].[H-].[Y]. The molecule has 0 unspecified atom stereocenters. The third-order valence-corrected chi connectivity index (χ3v) is 0.0943. The summed E-state index contributed by atoms with van der Waals surface area (Å²) in [6.45, 7) is 0. The first kappa shape index (κ1) is 16.1. The Bertz CT molecular complexity index is 32.5. The molecular formula is H5BCaO4Y. The number of hydrogen-bond donors (Lipinski definition) is 3. The predicted octanol–water partition coefficient (Wildman–Crippen LogP) is -1.71. The fourth-order valence-corrected chi connectivity index (χ4v) is 0. The van der Waals surface area contributed by atoms with Gasteiger partial charge in [-0.3, -0.25) is 5.26 Å². The van der Waals surface area contributed by atoms with Crippen molar-refractivity contribution in [2.24, 2.45) is 0 Å². The summed E-state index contributed by atoms with van der Waals surface area (Å²) in [5, 5.41) is 22.0. The van der Waals surface area contributed by atoms with Crippen molar-refractivity contribution in [1.29, 1.82) is 0 Å². The van der Waals surface area contributed by atoms with E-state index in [1.807, 2.05) is 0 Å². The zero-order valence-corrected chi connectivity index (χ0v) is 8.66. The van der Waals surface area contributed by atoms with Crippen LogP contribution in [-0.2, 0) is 37.5 Å². The van der Waals surface area contributed by atoms with Gasteiger partial charge >= 0.3 is 45.1 Å². The summed E-state index contributed by atoms with van der Waals surface area (Å²) in [7, 11) is -2.06. The van der Waals surface area contributed by atoms with Gasteiger partial charge in [-0.15, -0.1) is 0 Å². The van der Waals surface area contributed by atoms with Crippen LogP contribution in [0.2, 0.25) is 0 Å². The molecule has 37 valence electrons. The maximum Gasteiger partial charge on any atom is 2.00 e. The van der Waals surface area contributed by atoms with Gasteiger partial charge < -0.3 is 12.9 Å². The molecule has 0 aliphatic carbocycles. The van der Waals surface area contributed by atoms with Crippen LogP contribution in [0.1, 0.15) is 2.85 Å². The molecule has 0 saturated carbocycles. The standard InChI is InChI=1S/BH3O4.Ca.Y.2H/c2-1(3)5-4;;;;/h2-4H;;;;/q;+2;;2*-1. The molecule has 0 aliphatic rings. The molecule has 4 nitrogen and oxygen atoms in total. The van der Waals surface area contributed by atoms with Crippen molar-refractivity contribution in [2.75, 3.05) is 0 Å². The maximum atomic E-state index is 7.44. The Labute approximate surface area is 99.2 Å². The molecular weight excluding hydrogens is 204 g/mol. The molecule has 7 heteroatoms. The molecule has 7 heavy (non-hydrogen) atoms. The Kier molecular flexibility index (Phi) is 25.6. The second-order valence-corrected chi connectivity index (χ2v) is 0.432. The Morgan fingerprint density at radius 2 is 1.57 bits per heavy atom. The minimum atomic E-state index is -2.06. The molecule has 0 bridgehead atoms. The van der Waals surface area contributed by atoms with Gasteiger partial charge in [-0.2, -0.15) is 0 Å². The Hall–Kier alpha value is 2.27. The smallest absolute Gasteiger partial charge is 1.00 e. The summed E-state index contributed by atoms with van der Waals surface area (Å²) in [5.41, 5.74) is 0. The van der Waals surface area contributed by atoms with Crippen LogP contribution in [0.25, 0.3) is 0 Å². The minimum absolute atomic E-state index is 0. The topological polar surface area (TPSA) is 69.9 Å². The number of rotatable bonds is 1. The van der Waals surface area contributed by atoms with Gasteiger partial charge in [-0.25, -0.2) is 4.81 Å². The van der Waals surface area contributed by atoms with Crippen LogP contribution in [0, 0.1) is 0 Å². The van der Waals surface area contributed by atoms with Crippen molar-refractivity contribution >= 4 is 45.1 Å². The van der Waals surface area contributed by atoms with Crippen molar-refractivity contribution in [1.82, 2.24) is 0 Å². The second kappa shape index (κ2) is 11.1. The van der Waals surface area contributed by atoms with Crippen molar-refractivity contribution in [3.63, 3.8) is 0 Å². The quantitative estimate of drug-likeness (QED) is 0.273. The van der Waals surface area contributed by atoms with Crippen LogP contribution < -0.4 is 0 Å². The van der Waals surface area contributed by atoms with Crippen LogP contribution in [0.4, 0.5) is 0 Å². The van der Waals surface area contributed by atoms with E-state index in [1.54, 1.807) is 0 Å². The molecule has 1 radical (unpaired) electrons. The van der Waals surface area contributed by atoms with Crippen molar-refractivity contribution in [3.05, 3.63) is 0 Å². The molecule has 0 amide bonds. The Balaban J connectivity index is -0.0000000133. The number of hydrogen-bond acceptors (Lipinski definition) is 4. The molecule has 0 fully saturated rings. The van der Waals surface area contributed by atoms with Gasteiger partial charge in [0, 0.05) is 32.7 Å². The van der Waals surface area contributed by atoms with Crippen LogP contribution >= 0.6 is 0 Å². The van der Waals surface area contributed by atoms with E-state index in [4.69, 9.17) is 15.3 Å². The zero-order chi connectivity index (χ0) is 4.28. The van der Waals surface area contributed by atoms with Gasteiger partial charge in [-0.1, -0.05) is 0 Å². The van der Waals surface area contributed by atoms with Gasteiger partial charge in [0.25, 0.3) is 0 Å². The normalized spacial score (nSPS) is 5.57. The van der Waals surface area contributed by atoms with Crippen molar-refractivity contribution in [2.45, 2.75) is 0 Å². The van der Waals surface area contributed by atoms with E-state index in [-0.39, 0.29) is 73.3 Å². The molecule has 0 atom stereocenters. The van der Waals surface area contributed by atoms with E-state index in [0.717, 1.165) is 0 Å². The first-order chi connectivity index (χ1) is 2.27. The van der Waals surface area contributed by atoms with Crippen LogP contribution in [0.3, 0.4) is 0 Å². The fraction of sp³-hybridized carbons (Fsp3) is 0. The average molecular weight is 209 g/mol. The minimum Gasteiger partial charge on any atom is -1.00 e. The van der Waals surface area contributed by atoms with Crippen molar-refractivity contribution < 1.29 is 55.7 Å². The largest absolute Gasteiger partial charge is 2.00 e. The van der Waals surface area contributed by atoms with Crippen LogP contribution in [-0.4, -0.2) is 60.4 Å². The van der Waals surface area contributed by atoms with E-state index in [0.29, 0.717) is 0 Å². The van der Waals surface area contributed by atoms with E-state index in [2.05, 4.69) is 4.81 Å². The van der Waals surface area contributed by atoms with Crippen LogP contribution in [0.5, 0.6) is 0 Å². The van der Waals surface area contributed by atoms with E-state index in [1.165, 1.54) is 0 Å². The summed E-state index contributed by atoms with van der Waals surface area (Å²) in [6.07, 6.45) is 0. The summed E-state index contributed by atoms with van der Waals surface area (Å²) in [4.78, 5) is 2.86. The summed E-state index contributed by atoms with van der Waals surface area (Å²) < 4.78 is 0. The van der Waals surface area contributed by atoms with Crippen molar-refractivity contribution in [3.8, 4) is 0 Å². The molecule has 0 aromatic carbocycles. The fourth-order valence-electron chi connectivity index (χ4n) is 0. The molecule has 0 aromatic rings. The van der Waals surface area contributed by atoms with Gasteiger partial charge in [0.05, 0.1) is 0 Å². The first-order valence-corrected chi connectivity index (χ1v) is 0.935. The summed E-state index contributed by atoms with van der Waals surface area (Å²) >= 11 is 0.